The number of hydrogen-bond donors (Lipinski definition) is 0. The first-order valence-electron chi connectivity index (χ1n) is 8.97. The van der Waals surface area contributed by atoms with Crippen LogP contribution in [0.25, 0.3) is 0 Å². The molecule has 2 aliphatic rings. The minimum atomic E-state index is -3.27. The molecule has 2 heterocycles. The zero-order chi connectivity index (χ0) is 20.2. The molecule has 0 bridgehead atoms. The number of hydrogen-bond acceptors (Lipinski definition) is 3. The Kier molecular flexibility index (Phi) is 4.74. The van der Waals surface area contributed by atoms with Gasteiger partial charge in [0, 0.05) is 15.7 Å². The van der Waals surface area contributed by atoms with E-state index in [9.17, 15) is 17.6 Å². The third-order valence-electron chi connectivity index (χ3n) is 5.32. The summed E-state index contributed by atoms with van der Waals surface area (Å²) in [7, 11) is -3.27. The van der Waals surface area contributed by atoms with Crippen molar-refractivity contribution in [1.29, 1.82) is 0 Å². The van der Waals surface area contributed by atoms with Crippen molar-refractivity contribution in [2.45, 2.75) is 32.5 Å². The molecule has 0 radical (unpaired) electrons. The van der Waals surface area contributed by atoms with Gasteiger partial charge in [0.2, 0.25) is 0 Å². The summed E-state index contributed by atoms with van der Waals surface area (Å²) >= 11 is 3.23. The predicted octanol–water partition coefficient (Wildman–Crippen LogP) is 3.81. The highest BCUT2D eigenvalue weighted by molar-refractivity contribution is 9.10. The smallest absolute Gasteiger partial charge is 0.314 e. The molecular formula is C20H20BrFN2O3S. The number of fused-ring (bicyclic) bond motifs is 1. The minimum Gasteiger partial charge on any atom is -0.314 e. The number of carbonyl (C=O) groups is 1. The fraction of sp³-hybridized carbons (Fsp3) is 0.350. The van der Waals surface area contributed by atoms with Gasteiger partial charge in [-0.3, -0.25) is 4.90 Å². The van der Waals surface area contributed by atoms with Gasteiger partial charge in [0.25, 0.3) is 0 Å². The number of sulfone groups is 1. The molecule has 2 fully saturated rings. The second-order valence-corrected chi connectivity index (χ2v) is 10.6. The Morgan fingerprint density at radius 3 is 2.36 bits per heavy atom. The van der Waals surface area contributed by atoms with Gasteiger partial charge >= 0.3 is 6.03 Å². The van der Waals surface area contributed by atoms with E-state index in [0.29, 0.717) is 15.7 Å². The standard InChI is InChI=1S/C20H20BrFN2O3S/c1-12-5-13(2)7-16(6-12)24-19-11-28(26,27)10-18(19)23(20(24)25)9-14-3-4-15(21)8-17(14)22/h3-8,18-19H,9-11H2,1-2H3/t18-,19+/m1/s1. The third-order valence-corrected chi connectivity index (χ3v) is 7.51. The Morgan fingerprint density at radius 1 is 1.07 bits per heavy atom. The van der Waals surface area contributed by atoms with E-state index in [1.807, 2.05) is 32.0 Å². The molecule has 2 amide bonds. The van der Waals surface area contributed by atoms with Crippen molar-refractivity contribution in [2.24, 2.45) is 0 Å². The van der Waals surface area contributed by atoms with E-state index in [2.05, 4.69) is 15.9 Å². The maximum Gasteiger partial charge on any atom is 0.325 e. The van der Waals surface area contributed by atoms with Crippen LogP contribution >= 0.6 is 15.9 Å². The minimum absolute atomic E-state index is 0.0376. The van der Waals surface area contributed by atoms with Gasteiger partial charge in [0.05, 0.1) is 30.1 Å². The maximum absolute atomic E-state index is 14.4. The normalized spacial score (nSPS) is 23.4. The number of nitrogens with zero attached hydrogens (tertiary/aromatic N) is 2. The molecule has 2 aromatic rings. The number of carbonyl (C=O) groups excluding carboxylic acids is 1. The van der Waals surface area contributed by atoms with E-state index in [-0.39, 0.29) is 24.1 Å². The third kappa shape index (κ3) is 3.43. The van der Waals surface area contributed by atoms with E-state index in [1.54, 1.807) is 17.0 Å². The predicted molar refractivity (Wildman–Crippen MR) is 110 cm³/mol. The van der Waals surface area contributed by atoms with E-state index in [0.717, 1.165) is 11.1 Å². The summed E-state index contributed by atoms with van der Waals surface area (Å²) in [5, 5.41) is 0. The lowest BCUT2D eigenvalue weighted by Gasteiger charge is -2.23. The Balaban J connectivity index is 1.74. The van der Waals surface area contributed by atoms with Crippen LogP contribution < -0.4 is 4.90 Å². The summed E-state index contributed by atoms with van der Waals surface area (Å²) in [5.74, 6) is -0.595. The molecule has 4 rings (SSSR count). The first-order valence-corrected chi connectivity index (χ1v) is 11.6. The molecule has 2 aliphatic heterocycles. The van der Waals surface area contributed by atoms with Crippen LogP contribution in [0.4, 0.5) is 14.9 Å². The van der Waals surface area contributed by atoms with Gasteiger partial charge in [-0.2, -0.15) is 0 Å². The Morgan fingerprint density at radius 2 is 1.71 bits per heavy atom. The molecule has 28 heavy (non-hydrogen) atoms. The zero-order valence-electron chi connectivity index (χ0n) is 15.5. The van der Waals surface area contributed by atoms with Gasteiger partial charge in [-0.1, -0.05) is 28.1 Å². The first kappa shape index (κ1) is 19.4. The number of anilines is 1. The molecule has 0 N–H and O–H groups in total. The first-order chi connectivity index (χ1) is 13.1. The van der Waals surface area contributed by atoms with Crippen molar-refractivity contribution in [1.82, 2.24) is 4.90 Å². The lowest BCUT2D eigenvalue weighted by molar-refractivity contribution is 0.205. The molecule has 0 unspecified atom stereocenters. The van der Waals surface area contributed by atoms with Crippen LogP contribution in [0.5, 0.6) is 0 Å². The molecular weight excluding hydrogens is 447 g/mol. The van der Waals surface area contributed by atoms with Crippen LogP contribution in [0.1, 0.15) is 16.7 Å². The van der Waals surface area contributed by atoms with Gasteiger partial charge < -0.3 is 4.90 Å². The quantitative estimate of drug-likeness (QED) is 0.646. The maximum atomic E-state index is 14.4. The van der Waals surface area contributed by atoms with Crippen LogP contribution in [0.15, 0.2) is 40.9 Å². The number of benzene rings is 2. The Labute approximate surface area is 172 Å². The number of amides is 2. The van der Waals surface area contributed by atoms with Crippen LogP contribution in [-0.4, -0.2) is 42.9 Å². The molecule has 2 saturated heterocycles. The fourth-order valence-electron chi connectivity index (χ4n) is 4.19. The summed E-state index contributed by atoms with van der Waals surface area (Å²) in [5.41, 5.74) is 3.05. The van der Waals surface area contributed by atoms with Crippen LogP contribution in [0.2, 0.25) is 0 Å². The van der Waals surface area contributed by atoms with Crippen molar-refractivity contribution >= 4 is 37.5 Å². The Hall–Kier alpha value is -1.93. The largest absolute Gasteiger partial charge is 0.325 e. The molecule has 0 saturated carbocycles. The molecule has 0 spiro atoms. The van der Waals surface area contributed by atoms with Crippen LogP contribution in [-0.2, 0) is 16.4 Å². The lowest BCUT2D eigenvalue weighted by Crippen LogP contribution is -2.37. The monoisotopic (exact) mass is 466 g/mol. The van der Waals surface area contributed by atoms with Crippen molar-refractivity contribution < 1.29 is 17.6 Å². The van der Waals surface area contributed by atoms with E-state index < -0.39 is 27.7 Å². The summed E-state index contributed by atoms with van der Waals surface area (Å²) in [6.07, 6.45) is 0. The van der Waals surface area contributed by atoms with Gasteiger partial charge in [-0.15, -0.1) is 0 Å². The molecule has 0 aromatic heterocycles. The topological polar surface area (TPSA) is 57.7 Å². The highest BCUT2D eigenvalue weighted by atomic mass is 79.9. The van der Waals surface area contributed by atoms with E-state index >= 15 is 0 Å². The zero-order valence-corrected chi connectivity index (χ0v) is 17.9. The average Bonchev–Trinajstić information content (AvgIpc) is 2.99. The van der Waals surface area contributed by atoms with Gasteiger partial charge in [-0.05, 0) is 49.2 Å². The number of rotatable bonds is 3. The number of halogens is 2. The summed E-state index contributed by atoms with van der Waals surface area (Å²) in [6.45, 7) is 3.92. The van der Waals surface area contributed by atoms with E-state index in [1.165, 1.54) is 11.0 Å². The average molecular weight is 467 g/mol. The van der Waals surface area contributed by atoms with Crippen molar-refractivity contribution in [3.63, 3.8) is 0 Å². The number of urea groups is 1. The van der Waals surface area contributed by atoms with Crippen LogP contribution in [0, 0.1) is 19.7 Å². The molecule has 8 heteroatoms. The van der Waals surface area contributed by atoms with E-state index in [4.69, 9.17) is 0 Å². The van der Waals surface area contributed by atoms with Crippen LogP contribution in [0.3, 0.4) is 0 Å². The summed E-state index contributed by atoms with van der Waals surface area (Å²) < 4.78 is 39.6. The molecule has 148 valence electrons. The fourth-order valence-corrected chi connectivity index (χ4v) is 6.47. The molecule has 0 aliphatic carbocycles. The van der Waals surface area contributed by atoms with Crippen molar-refractivity contribution in [3.8, 4) is 0 Å². The molecule has 5 nitrogen and oxygen atoms in total. The van der Waals surface area contributed by atoms with Gasteiger partial charge in [0.15, 0.2) is 9.84 Å². The Bertz CT molecular complexity index is 1050. The highest BCUT2D eigenvalue weighted by Gasteiger charge is 2.53. The summed E-state index contributed by atoms with van der Waals surface area (Å²) in [4.78, 5) is 16.3. The van der Waals surface area contributed by atoms with Gasteiger partial charge in [-0.25, -0.2) is 17.6 Å². The second-order valence-electron chi connectivity index (χ2n) is 7.57. The highest BCUT2D eigenvalue weighted by Crippen LogP contribution is 2.37. The SMILES string of the molecule is Cc1cc(C)cc(N2C(=O)N(Cc3ccc(Br)cc3F)[C@@H]3CS(=O)(=O)C[C@@H]32)c1. The molecule has 2 atom stereocenters. The van der Waals surface area contributed by atoms with Crippen molar-refractivity contribution in [2.75, 3.05) is 16.4 Å². The number of aryl methyl sites for hydroxylation is 2. The van der Waals surface area contributed by atoms with Gasteiger partial charge in [0.1, 0.15) is 5.82 Å². The molecule has 2 aromatic carbocycles. The van der Waals surface area contributed by atoms with Crippen molar-refractivity contribution in [3.05, 3.63) is 63.4 Å². The lowest BCUT2D eigenvalue weighted by atomic mass is 10.1. The second kappa shape index (κ2) is 6.84. The summed E-state index contributed by atoms with van der Waals surface area (Å²) in [6, 6.07) is 9.22.